The quantitative estimate of drug-likeness (QED) is 0.171. The van der Waals surface area contributed by atoms with E-state index in [0.717, 1.165) is 23.7 Å². The summed E-state index contributed by atoms with van der Waals surface area (Å²) in [7, 11) is 0. The van der Waals surface area contributed by atoms with E-state index in [1.54, 1.807) is 0 Å². The van der Waals surface area contributed by atoms with Crippen molar-refractivity contribution >= 4 is 0 Å². The Kier molecular flexibility index (Phi) is 19.9. The van der Waals surface area contributed by atoms with Gasteiger partial charge in [-0.3, -0.25) is 0 Å². The van der Waals surface area contributed by atoms with Crippen LogP contribution in [0.5, 0.6) is 0 Å². The Morgan fingerprint density at radius 2 is 1.21 bits per heavy atom. The Bertz CT molecular complexity index is 324. The summed E-state index contributed by atoms with van der Waals surface area (Å²) >= 11 is 0. The van der Waals surface area contributed by atoms with Crippen LogP contribution in [0.25, 0.3) is 0 Å². The van der Waals surface area contributed by atoms with Crippen LogP contribution in [-0.4, -0.2) is 24.5 Å². The SMILES string of the molecule is CCCCCC(CCC)CN(CCCCC(C)CC(C)C)CC(CC)CCCC. The van der Waals surface area contributed by atoms with Crippen LogP contribution in [0.15, 0.2) is 0 Å². The van der Waals surface area contributed by atoms with Crippen LogP contribution in [0.3, 0.4) is 0 Å². The molecule has 0 aromatic heterocycles. The average molecular weight is 410 g/mol. The highest BCUT2D eigenvalue weighted by Crippen LogP contribution is 2.22. The third-order valence-electron chi connectivity index (χ3n) is 6.78. The first-order valence-electron chi connectivity index (χ1n) is 13.7. The van der Waals surface area contributed by atoms with Gasteiger partial charge in [-0.2, -0.15) is 0 Å². The largest absolute Gasteiger partial charge is 0.303 e. The maximum absolute atomic E-state index is 2.89. The highest BCUT2D eigenvalue weighted by atomic mass is 15.1. The highest BCUT2D eigenvalue weighted by molar-refractivity contribution is 4.71. The molecule has 0 rings (SSSR count). The summed E-state index contributed by atoms with van der Waals surface area (Å²) in [6, 6.07) is 0. The molecule has 0 aromatic rings. The van der Waals surface area contributed by atoms with Gasteiger partial charge in [-0.25, -0.2) is 0 Å². The third-order valence-corrected chi connectivity index (χ3v) is 6.78. The second-order valence-corrected chi connectivity index (χ2v) is 10.6. The minimum Gasteiger partial charge on any atom is -0.303 e. The molecule has 0 aromatic carbocycles. The minimum atomic E-state index is 0.850. The number of nitrogens with zero attached hydrogens (tertiary/aromatic N) is 1. The molecule has 0 bridgehead atoms. The molecule has 29 heavy (non-hydrogen) atoms. The lowest BCUT2D eigenvalue weighted by Crippen LogP contribution is -2.35. The molecule has 1 nitrogen and oxygen atoms in total. The van der Waals surface area contributed by atoms with E-state index in [0.29, 0.717) is 0 Å². The molecule has 3 unspecified atom stereocenters. The molecule has 0 saturated carbocycles. The molecular weight excluding hydrogens is 350 g/mol. The van der Waals surface area contributed by atoms with Gasteiger partial charge in [0.1, 0.15) is 0 Å². The molecule has 0 N–H and O–H groups in total. The number of hydrogen-bond acceptors (Lipinski definition) is 1. The Balaban J connectivity index is 4.66. The number of unbranched alkanes of at least 4 members (excludes halogenated alkanes) is 4. The fraction of sp³-hybridized carbons (Fsp3) is 1.00. The molecular formula is C28H59N. The standard InChI is InChI=1S/C28H59N/c1-8-12-14-20-28(17-10-3)24-29(23-27(11-4)19-13-9-2)21-16-15-18-26(7)22-25(5)6/h25-28H,8-24H2,1-7H3. The molecule has 0 aliphatic rings. The minimum absolute atomic E-state index is 0.850. The van der Waals surface area contributed by atoms with Crippen molar-refractivity contribution in [2.24, 2.45) is 23.7 Å². The van der Waals surface area contributed by atoms with E-state index in [1.165, 1.54) is 110 Å². The normalized spacial score (nSPS) is 15.2. The number of rotatable bonds is 21. The van der Waals surface area contributed by atoms with Crippen LogP contribution in [0.2, 0.25) is 0 Å². The van der Waals surface area contributed by atoms with Crippen LogP contribution in [0.4, 0.5) is 0 Å². The van der Waals surface area contributed by atoms with Crippen molar-refractivity contribution < 1.29 is 0 Å². The molecule has 176 valence electrons. The monoisotopic (exact) mass is 409 g/mol. The van der Waals surface area contributed by atoms with Gasteiger partial charge in [0.25, 0.3) is 0 Å². The third kappa shape index (κ3) is 17.3. The van der Waals surface area contributed by atoms with E-state index >= 15 is 0 Å². The first kappa shape index (κ1) is 29.0. The van der Waals surface area contributed by atoms with Gasteiger partial charge in [0.2, 0.25) is 0 Å². The Labute approximate surface area is 186 Å². The Hall–Kier alpha value is -0.0400. The van der Waals surface area contributed by atoms with Gasteiger partial charge >= 0.3 is 0 Å². The first-order chi connectivity index (χ1) is 14.0. The number of hydrogen-bond donors (Lipinski definition) is 0. The lowest BCUT2D eigenvalue weighted by molar-refractivity contribution is 0.174. The molecule has 0 fully saturated rings. The van der Waals surface area contributed by atoms with Crippen molar-refractivity contribution in [3.8, 4) is 0 Å². The second-order valence-electron chi connectivity index (χ2n) is 10.6. The van der Waals surface area contributed by atoms with Crippen LogP contribution < -0.4 is 0 Å². The highest BCUT2D eigenvalue weighted by Gasteiger charge is 2.17. The van der Waals surface area contributed by atoms with Gasteiger partial charge < -0.3 is 4.90 Å². The fourth-order valence-corrected chi connectivity index (χ4v) is 5.07. The molecule has 3 atom stereocenters. The molecule has 0 radical (unpaired) electrons. The van der Waals surface area contributed by atoms with Crippen molar-refractivity contribution in [3.05, 3.63) is 0 Å². The van der Waals surface area contributed by atoms with E-state index in [4.69, 9.17) is 0 Å². The van der Waals surface area contributed by atoms with Crippen molar-refractivity contribution in [1.82, 2.24) is 4.90 Å². The van der Waals surface area contributed by atoms with Gasteiger partial charge in [-0.15, -0.1) is 0 Å². The van der Waals surface area contributed by atoms with Crippen molar-refractivity contribution in [2.45, 2.75) is 138 Å². The maximum atomic E-state index is 2.89. The average Bonchev–Trinajstić information content (AvgIpc) is 2.67. The second kappa shape index (κ2) is 19.9. The molecule has 0 amide bonds. The summed E-state index contributed by atoms with van der Waals surface area (Å²) in [4.78, 5) is 2.89. The van der Waals surface area contributed by atoms with Crippen LogP contribution in [0, 0.1) is 23.7 Å². The molecule has 0 spiro atoms. The molecule has 0 aliphatic heterocycles. The molecule has 0 aliphatic carbocycles. The van der Waals surface area contributed by atoms with Crippen molar-refractivity contribution in [3.63, 3.8) is 0 Å². The van der Waals surface area contributed by atoms with Crippen LogP contribution in [0.1, 0.15) is 138 Å². The van der Waals surface area contributed by atoms with Crippen molar-refractivity contribution in [1.29, 1.82) is 0 Å². The molecule has 0 saturated heterocycles. The Morgan fingerprint density at radius 3 is 1.79 bits per heavy atom. The summed E-state index contributed by atoms with van der Waals surface area (Å²) in [5.74, 6) is 3.59. The van der Waals surface area contributed by atoms with Gasteiger partial charge in [-0.05, 0) is 62.3 Å². The van der Waals surface area contributed by atoms with E-state index in [2.05, 4.69) is 53.4 Å². The van der Waals surface area contributed by atoms with Gasteiger partial charge in [-0.1, -0.05) is 106 Å². The Morgan fingerprint density at radius 1 is 0.586 bits per heavy atom. The van der Waals surface area contributed by atoms with Crippen LogP contribution >= 0.6 is 0 Å². The van der Waals surface area contributed by atoms with Gasteiger partial charge in [0.15, 0.2) is 0 Å². The van der Waals surface area contributed by atoms with E-state index in [-0.39, 0.29) is 0 Å². The summed E-state index contributed by atoms with van der Waals surface area (Å²) in [5, 5.41) is 0. The van der Waals surface area contributed by atoms with E-state index in [9.17, 15) is 0 Å². The predicted octanol–water partition coefficient (Wildman–Crippen LogP) is 9.35. The molecule has 0 heterocycles. The summed E-state index contributed by atoms with van der Waals surface area (Å²) < 4.78 is 0. The first-order valence-corrected chi connectivity index (χ1v) is 13.7. The summed E-state index contributed by atoms with van der Waals surface area (Å²) in [6.07, 6.45) is 19.6. The van der Waals surface area contributed by atoms with Gasteiger partial charge in [0, 0.05) is 13.1 Å². The van der Waals surface area contributed by atoms with Crippen molar-refractivity contribution in [2.75, 3.05) is 19.6 Å². The lowest BCUT2D eigenvalue weighted by Gasteiger charge is -2.31. The van der Waals surface area contributed by atoms with Gasteiger partial charge in [0.05, 0.1) is 0 Å². The molecule has 1 heteroatoms. The zero-order valence-electron chi connectivity index (χ0n) is 21.8. The maximum Gasteiger partial charge on any atom is 0.000977 e. The summed E-state index contributed by atoms with van der Waals surface area (Å²) in [5.41, 5.74) is 0. The zero-order chi connectivity index (χ0) is 21.9. The topological polar surface area (TPSA) is 3.24 Å². The van der Waals surface area contributed by atoms with E-state index < -0.39 is 0 Å². The lowest BCUT2D eigenvalue weighted by atomic mass is 9.93. The predicted molar refractivity (Wildman–Crippen MR) is 135 cm³/mol. The fourth-order valence-electron chi connectivity index (χ4n) is 5.07. The summed E-state index contributed by atoms with van der Waals surface area (Å²) in [6.45, 7) is 20.7. The zero-order valence-corrected chi connectivity index (χ0v) is 21.8. The van der Waals surface area contributed by atoms with Crippen LogP contribution in [-0.2, 0) is 0 Å². The van der Waals surface area contributed by atoms with E-state index in [1.807, 2.05) is 0 Å². The smallest absolute Gasteiger partial charge is 0.000977 e.